The Morgan fingerprint density at radius 1 is 1.35 bits per heavy atom. The summed E-state index contributed by atoms with van der Waals surface area (Å²) in [6.07, 6.45) is 0. The zero-order valence-electron chi connectivity index (χ0n) is 10.5. The number of halogens is 1. The largest absolute Gasteiger partial charge is 0.351 e. The predicted molar refractivity (Wildman–Crippen MR) is 74.4 cm³/mol. The van der Waals surface area contributed by atoms with Crippen molar-refractivity contribution in [2.75, 3.05) is 13.1 Å². The lowest BCUT2D eigenvalue weighted by atomic mass is 10.1. The fourth-order valence-corrected chi connectivity index (χ4v) is 1.85. The number of hydrogen-bond donors (Lipinski definition) is 2. The van der Waals surface area contributed by atoms with Crippen LogP contribution in [0.3, 0.4) is 0 Å². The summed E-state index contributed by atoms with van der Waals surface area (Å²) in [6, 6.07) is 6.09. The topological polar surface area (TPSA) is 41.1 Å². The zero-order chi connectivity index (χ0) is 12.8. The monoisotopic (exact) mass is 298 g/mol. The molecule has 0 heterocycles. The van der Waals surface area contributed by atoms with Crippen LogP contribution in [0.1, 0.15) is 29.8 Å². The van der Waals surface area contributed by atoms with Crippen molar-refractivity contribution in [3.8, 4) is 0 Å². The zero-order valence-corrected chi connectivity index (χ0v) is 12.1. The summed E-state index contributed by atoms with van der Waals surface area (Å²) >= 11 is 3.42. The number of amides is 1. The molecule has 0 fully saturated rings. The van der Waals surface area contributed by atoms with Gasteiger partial charge in [-0.25, -0.2) is 0 Å². The molecular formula is C13H19BrN2O. The molecule has 0 saturated heterocycles. The Balaban J connectivity index is 2.50. The maximum absolute atomic E-state index is 11.9. The minimum absolute atomic E-state index is 0.0191. The average molecular weight is 299 g/mol. The molecule has 2 N–H and O–H groups in total. The highest BCUT2D eigenvalue weighted by atomic mass is 79.9. The summed E-state index contributed by atoms with van der Waals surface area (Å²) in [6.45, 7) is 7.53. The van der Waals surface area contributed by atoms with E-state index in [0.29, 0.717) is 12.6 Å². The molecule has 0 aromatic heterocycles. The van der Waals surface area contributed by atoms with Gasteiger partial charge in [0.15, 0.2) is 0 Å². The SMILES string of the molecule is Cc1c(Br)cccc1C(=O)NCCNC(C)C. The summed E-state index contributed by atoms with van der Waals surface area (Å²) in [5, 5.41) is 6.15. The van der Waals surface area contributed by atoms with Gasteiger partial charge in [-0.15, -0.1) is 0 Å². The van der Waals surface area contributed by atoms with E-state index in [0.717, 1.165) is 22.1 Å². The van der Waals surface area contributed by atoms with Crippen LogP contribution in [-0.4, -0.2) is 25.0 Å². The molecule has 0 aliphatic heterocycles. The van der Waals surface area contributed by atoms with Crippen molar-refractivity contribution in [2.45, 2.75) is 26.8 Å². The third-order valence-corrected chi connectivity index (χ3v) is 3.33. The van der Waals surface area contributed by atoms with Crippen LogP contribution in [0.2, 0.25) is 0 Å². The molecule has 0 aliphatic rings. The Labute approximate surface area is 111 Å². The molecule has 94 valence electrons. The van der Waals surface area contributed by atoms with Gasteiger partial charge in [-0.05, 0) is 24.6 Å². The lowest BCUT2D eigenvalue weighted by Crippen LogP contribution is -2.34. The number of nitrogens with one attached hydrogen (secondary N) is 2. The Hall–Kier alpha value is -0.870. The molecule has 1 aromatic rings. The highest BCUT2D eigenvalue weighted by molar-refractivity contribution is 9.10. The second kappa shape index (κ2) is 6.77. The Kier molecular flexibility index (Phi) is 5.65. The summed E-state index contributed by atoms with van der Waals surface area (Å²) in [5.41, 5.74) is 1.70. The lowest BCUT2D eigenvalue weighted by molar-refractivity contribution is 0.0953. The van der Waals surface area contributed by atoms with Gasteiger partial charge in [0.05, 0.1) is 0 Å². The molecule has 1 aromatic carbocycles. The molecular weight excluding hydrogens is 280 g/mol. The highest BCUT2D eigenvalue weighted by Crippen LogP contribution is 2.19. The van der Waals surface area contributed by atoms with E-state index in [1.165, 1.54) is 0 Å². The van der Waals surface area contributed by atoms with E-state index in [2.05, 4.69) is 40.4 Å². The molecule has 1 amide bonds. The normalized spacial score (nSPS) is 10.6. The quantitative estimate of drug-likeness (QED) is 0.820. The highest BCUT2D eigenvalue weighted by Gasteiger charge is 2.09. The van der Waals surface area contributed by atoms with Crippen LogP contribution >= 0.6 is 15.9 Å². The van der Waals surface area contributed by atoms with E-state index >= 15 is 0 Å². The van der Waals surface area contributed by atoms with Gasteiger partial charge < -0.3 is 10.6 Å². The summed E-state index contributed by atoms with van der Waals surface area (Å²) in [7, 11) is 0. The fourth-order valence-electron chi connectivity index (χ4n) is 1.49. The minimum atomic E-state index is -0.0191. The fraction of sp³-hybridized carbons (Fsp3) is 0.462. The van der Waals surface area contributed by atoms with Crippen LogP contribution in [0, 0.1) is 6.92 Å². The van der Waals surface area contributed by atoms with Gasteiger partial charge in [-0.2, -0.15) is 0 Å². The van der Waals surface area contributed by atoms with E-state index < -0.39 is 0 Å². The number of carbonyl (C=O) groups excluding carboxylic acids is 1. The second-order valence-electron chi connectivity index (χ2n) is 4.28. The smallest absolute Gasteiger partial charge is 0.251 e. The van der Waals surface area contributed by atoms with E-state index in [4.69, 9.17) is 0 Å². The first-order valence-corrected chi connectivity index (χ1v) is 6.58. The van der Waals surface area contributed by atoms with Gasteiger partial charge in [-0.3, -0.25) is 4.79 Å². The van der Waals surface area contributed by atoms with Gasteiger partial charge in [0.25, 0.3) is 5.91 Å². The predicted octanol–water partition coefficient (Wildman–Crippen LogP) is 2.49. The molecule has 0 saturated carbocycles. The van der Waals surface area contributed by atoms with Crippen molar-refractivity contribution >= 4 is 21.8 Å². The van der Waals surface area contributed by atoms with E-state index in [1.54, 1.807) is 0 Å². The maximum Gasteiger partial charge on any atom is 0.251 e. The number of hydrogen-bond acceptors (Lipinski definition) is 2. The second-order valence-corrected chi connectivity index (χ2v) is 5.13. The van der Waals surface area contributed by atoms with Crippen LogP contribution in [0.5, 0.6) is 0 Å². The summed E-state index contributed by atoms with van der Waals surface area (Å²) < 4.78 is 0.963. The van der Waals surface area contributed by atoms with Crippen LogP contribution in [0.4, 0.5) is 0 Å². The standard InChI is InChI=1S/C13H19BrN2O/c1-9(2)15-7-8-16-13(17)11-5-4-6-12(14)10(11)3/h4-6,9,15H,7-8H2,1-3H3,(H,16,17). The molecule has 1 rings (SSSR count). The van der Waals surface area contributed by atoms with E-state index in [-0.39, 0.29) is 5.91 Å². The van der Waals surface area contributed by atoms with Crippen molar-refractivity contribution in [1.82, 2.24) is 10.6 Å². The maximum atomic E-state index is 11.9. The van der Waals surface area contributed by atoms with E-state index in [1.807, 2.05) is 25.1 Å². The van der Waals surface area contributed by atoms with Gasteiger partial charge in [0.2, 0.25) is 0 Å². The van der Waals surface area contributed by atoms with Crippen molar-refractivity contribution in [1.29, 1.82) is 0 Å². The van der Waals surface area contributed by atoms with Crippen LogP contribution < -0.4 is 10.6 Å². The molecule has 0 atom stereocenters. The number of carbonyl (C=O) groups is 1. The molecule has 0 unspecified atom stereocenters. The van der Waals surface area contributed by atoms with Crippen LogP contribution in [0.25, 0.3) is 0 Å². The van der Waals surface area contributed by atoms with Crippen LogP contribution in [0.15, 0.2) is 22.7 Å². The molecule has 3 nitrogen and oxygen atoms in total. The van der Waals surface area contributed by atoms with Gasteiger partial charge in [-0.1, -0.05) is 35.8 Å². The van der Waals surface area contributed by atoms with Gasteiger partial charge >= 0.3 is 0 Å². The Bertz CT molecular complexity index is 391. The third kappa shape index (κ3) is 4.48. The first kappa shape index (κ1) is 14.2. The lowest BCUT2D eigenvalue weighted by Gasteiger charge is -2.10. The molecule has 17 heavy (non-hydrogen) atoms. The minimum Gasteiger partial charge on any atom is -0.351 e. The molecule has 0 radical (unpaired) electrons. The third-order valence-electron chi connectivity index (χ3n) is 2.48. The van der Waals surface area contributed by atoms with Crippen molar-refractivity contribution < 1.29 is 4.79 Å². The van der Waals surface area contributed by atoms with Crippen molar-refractivity contribution in [3.63, 3.8) is 0 Å². The number of rotatable bonds is 5. The van der Waals surface area contributed by atoms with Crippen molar-refractivity contribution in [2.24, 2.45) is 0 Å². The van der Waals surface area contributed by atoms with Gasteiger partial charge in [0.1, 0.15) is 0 Å². The molecule has 0 bridgehead atoms. The van der Waals surface area contributed by atoms with Gasteiger partial charge in [0, 0.05) is 29.2 Å². The number of benzene rings is 1. The van der Waals surface area contributed by atoms with Crippen LogP contribution in [-0.2, 0) is 0 Å². The Morgan fingerprint density at radius 3 is 2.71 bits per heavy atom. The summed E-state index contributed by atoms with van der Waals surface area (Å²) in [4.78, 5) is 11.9. The molecule has 0 spiro atoms. The van der Waals surface area contributed by atoms with E-state index in [9.17, 15) is 4.79 Å². The average Bonchev–Trinajstić information content (AvgIpc) is 2.27. The Morgan fingerprint density at radius 2 is 2.06 bits per heavy atom. The first-order valence-electron chi connectivity index (χ1n) is 5.79. The molecule has 0 aliphatic carbocycles. The summed E-state index contributed by atoms with van der Waals surface area (Å²) in [5.74, 6) is -0.0191. The molecule has 4 heteroatoms. The first-order chi connectivity index (χ1) is 8.02. The van der Waals surface area contributed by atoms with Crippen molar-refractivity contribution in [3.05, 3.63) is 33.8 Å².